The van der Waals surface area contributed by atoms with Gasteiger partial charge in [0, 0.05) is 31.5 Å². The van der Waals surface area contributed by atoms with E-state index in [2.05, 4.69) is 36.5 Å². The van der Waals surface area contributed by atoms with Crippen molar-refractivity contribution in [1.82, 2.24) is 10.2 Å². The highest BCUT2D eigenvalue weighted by Gasteiger charge is 2.29. The number of alkyl carbamates (subject to hydrolysis) is 1. The van der Waals surface area contributed by atoms with E-state index < -0.39 is 12.1 Å². The molecule has 0 fully saturated rings. The minimum atomic E-state index is -0.939. The Morgan fingerprint density at radius 1 is 1.03 bits per heavy atom. The molecule has 182 valence electrons. The third-order valence-corrected chi connectivity index (χ3v) is 6.32. The predicted octanol–water partition coefficient (Wildman–Crippen LogP) is 4.80. The summed E-state index contributed by atoms with van der Waals surface area (Å²) < 4.78 is 5.64. The van der Waals surface area contributed by atoms with Crippen molar-refractivity contribution in [3.8, 4) is 11.1 Å². The summed E-state index contributed by atoms with van der Waals surface area (Å²) in [6, 6.07) is 16.0. The molecule has 0 heterocycles. The number of aliphatic carboxylic acids is 1. The number of unbranched alkanes of at least 4 members (excludes halogenated alkanes) is 1. The van der Waals surface area contributed by atoms with Crippen molar-refractivity contribution >= 4 is 18.0 Å². The minimum absolute atomic E-state index is 0.0273. The highest BCUT2D eigenvalue weighted by molar-refractivity contribution is 5.80. The van der Waals surface area contributed by atoms with Crippen LogP contribution in [0.2, 0.25) is 0 Å². The number of nitrogens with zero attached hydrogens (tertiary/aromatic N) is 1. The number of rotatable bonds is 12. The Bertz CT molecular complexity index is 961. The fourth-order valence-electron chi connectivity index (χ4n) is 4.51. The number of carboxylic acids is 1. The summed E-state index contributed by atoms with van der Waals surface area (Å²) in [5, 5.41) is 11.8. The zero-order valence-electron chi connectivity index (χ0n) is 20.0. The SMILES string of the molecule is CCCC[C@H](CC(=O)N(CC)CCC(=O)O)NC(=O)OCC1c2ccccc2-c2ccccc21. The Hall–Kier alpha value is -3.35. The summed E-state index contributed by atoms with van der Waals surface area (Å²) in [4.78, 5) is 37.8. The summed E-state index contributed by atoms with van der Waals surface area (Å²) in [6.45, 7) is 4.68. The molecule has 2 aromatic carbocycles. The second-order valence-electron chi connectivity index (χ2n) is 8.63. The number of carbonyl (C=O) groups is 3. The lowest BCUT2D eigenvalue weighted by Gasteiger charge is -2.24. The van der Waals surface area contributed by atoms with Gasteiger partial charge in [0.1, 0.15) is 6.61 Å². The van der Waals surface area contributed by atoms with Crippen LogP contribution in [-0.2, 0) is 14.3 Å². The first-order valence-corrected chi connectivity index (χ1v) is 12.1. The van der Waals surface area contributed by atoms with E-state index in [0.717, 1.165) is 24.0 Å². The maximum absolute atomic E-state index is 12.7. The molecule has 0 aliphatic heterocycles. The number of ether oxygens (including phenoxy) is 1. The van der Waals surface area contributed by atoms with E-state index in [1.54, 1.807) is 0 Å². The molecule has 1 aliphatic carbocycles. The molecule has 0 saturated heterocycles. The number of carbonyl (C=O) groups excluding carboxylic acids is 2. The average Bonchev–Trinajstić information content (AvgIpc) is 3.15. The highest BCUT2D eigenvalue weighted by atomic mass is 16.5. The van der Waals surface area contributed by atoms with Crippen LogP contribution >= 0.6 is 0 Å². The van der Waals surface area contributed by atoms with Crippen molar-refractivity contribution in [2.24, 2.45) is 0 Å². The lowest BCUT2D eigenvalue weighted by Crippen LogP contribution is -2.41. The number of hydrogen-bond acceptors (Lipinski definition) is 4. The van der Waals surface area contributed by atoms with Crippen molar-refractivity contribution in [3.63, 3.8) is 0 Å². The van der Waals surface area contributed by atoms with Gasteiger partial charge in [0.05, 0.1) is 6.42 Å². The summed E-state index contributed by atoms with van der Waals surface area (Å²) in [7, 11) is 0. The molecule has 1 atom stereocenters. The van der Waals surface area contributed by atoms with Crippen LogP contribution < -0.4 is 5.32 Å². The van der Waals surface area contributed by atoms with E-state index >= 15 is 0 Å². The fourth-order valence-corrected chi connectivity index (χ4v) is 4.51. The molecule has 2 aromatic rings. The second kappa shape index (κ2) is 12.2. The van der Waals surface area contributed by atoms with E-state index in [1.165, 1.54) is 16.0 Å². The van der Waals surface area contributed by atoms with Crippen molar-refractivity contribution in [2.45, 2.75) is 57.9 Å². The van der Waals surface area contributed by atoms with Gasteiger partial charge < -0.3 is 20.1 Å². The molecular formula is C27H34N2O5. The summed E-state index contributed by atoms with van der Waals surface area (Å²) >= 11 is 0. The van der Waals surface area contributed by atoms with Gasteiger partial charge in [0.25, 0.3) is 0 Å². The number of nitrogens with one attached hydrogen (secondary N) is 1. The predicted molar refractivity (Wildman–Crippen MR) is 131 cm³/mol. The van der Waals surface area contributed by atoms with Gasteiger partial charge in [-0.1, -0.05) is 68.3 Å². The maximum atomic E-state index is 12.7. The van der Waals surface area contributed by atoms with E-state index in [9.17, 15) is 14.4 Å². The maximum Gasteiger partial charge on any atom is 0.407 e. The minimum Gasteiger partial charge on any atom is -0.481 e. The van der Waals surface area contributed by atoms with Crippen LogP contribution in [0.25, 0.3) is 11.1 Å². The van der Waals surface area contributed by atoms with Crippen LogP contribution in [0.1, 0.15) is 63.0 Å². The molecule has 7 heteroatoms. The van der Waals surface area contributed by atoms with Crippen LogP contribution in [0.15, 0.2) is 48.5 Å². The number of fused-ring (bicyclic) bond motifs is 3. The van der Waals surface area contributed by atoms with Gasteiger partial charge in [0.2, 0.25) is 5.91 Å². The highest BCUT2D eigenvalue weighted by Crippen LogP contribution is 2.44. The number of carboxylic acid groups (broad SMARTS) is 1. The van der Waals surface area contributed by atoms with Crippen LogP contribution in [0.5, 0.6) is 0 Å². The topological polar surface area (TPSA) is 95.9 Å². The molecule has 34 heavy (non-hydrogen) atoms. The first-order chi connectivity index (χ1) is 16.4. The summed E-state index contributed by atoms with van der Waals surface area (Å²) in [5.41, 5.74) is 4.62. The van der Waals surface area contributed by atoms with Crippen LogP contribution in [0.4, 0.5) is 4.79 Å². The first kappa shape index (κ1) is 25.3. The molecule has 3 rings (SSSR count). The van der Waals surface area contributed by atoms with Crippen molar-refractivity contribution in [1.29, 1.82) is 0 Å². The molecule has 0 spiro atoms. The van der Waals surface area contributed by atoms with Crippen molar-refractivity contribution in [2.75, 3.05) is 19.7 Å². The third kappa shape index (κ3) is 6.37. The standard InChI is InChI=1S/C27H34N2O5/c1-3-5-10-19(17-25(30)29(4-2)16-15-26(31)32)28-27(33)34-18-24-22-13-8-6-11-20(22)21-12-7-9-14-23(21)24/h6-9,11-14,19,24H,3-5,10,15-18H2,1-2H3,(H,28,33)(H,31,32)/t19-/m1/s1. The molecular weight excluding hydrogens is 432 g/mol. The monoisotopic (exact) mass is 466 g/mol. The van der Waals surface area contributed by atoms with Crippen LogP contribution in [0.3, 0.4) is 0 Å². The quantitative estimate of drug-likeness (QED) is 0.469. The van der Waals surface area contributed by atoms with Gasteiger partial charge in [-0.25, -0.2) is 4.79 Å². The van der Waals surface area contributed by atoms with Gasteiger partial charge in [-0.05, 0) is 35.6 Å². The zero-order chi connectivity index (χ0) is 24.5. The summed E-state index contributed by atoms with van der Waals surface area (Å²) in [5.74, 6) is -1.13. The lowest BCUT2D eigenvalue weighted by molar-refractivity contribution is -0.138. The van der Waals surface area contributed by atoms with Crippen molar-refractivity contribution in [3.05, 3.63) is 59.7 Å². The molecule has 0 aromatic heterocycles. The van der Waals surface area contributed by atoms with Crippen molar-refractivity contribution < 1.29 is 24.2 Å². The molecule has 2 amide bonds. The smallest absolute Gasteiger partial charge is 0.407 e. The molecule has 1 aliphatic rings. The van der Waals surface area contributed by atoms with Gasteiger partial charge in [-0.3, -0.25) is 9.59 Å². The Morgan fingerprint density at radius 3 is 2.21 bits per heavy atom. The van der Waals surface area contributed by atoms with Crippen LogP contribution in [0, 0.1) is 0 Å². The molecule has 0 unspecified atom stereocenters. The number of benzene rings is 2. The molecule has 0 saturated carbocycles. The van der Waals surface area contributed by atoms with Gasteiger partial charge in [0.15, 0.2) is 0 Å². The van der Waals surface area contributed by atoms with E-state index in [0.29, 0.717) is 13.0 Å². The Morgan fingerprint density at radius 2 is 1.65 bits per heavy atom. The van der Waals surface area contributed by atoms with E-state index in [-0.39, 0.29) is 43.9 Å². The Kier molecular flexibility index (Phi) is 9.08. The summed E-state index contributed by atoms with van der Waals surface area (Å²) in [6.07, 6.45) is 1.94. The molecule has 7 nitrogen and oxygen atoms in total. The number of hydrogen-bond donors (Lipinski definition) is 2. The molecule has 0 radical (unpaired) electrons. The first-order valence-electron chi connectivity index (χ1n) is 12.1. The van der Waals surface area contributed by atoms with Gasteiger partial charge >= 0.3 is 12.1 Å². The normalized spacial score (nSPS) is 13.0. The largest absolute Gasteiger partial charge is 0.481 e. The van der Waals surface area contributed by atoms with E-state index in [4.69, 9.17) is 9.84 Å². The molecule has 0 bridgehead atoms. The third-order valence-electron chi connectivity index (χ3n) is 6.32. The lowest BCUT2D eigenvalue weighted by atomic mass is 9.98. The Balaban J connectivity index is 1.61. The number of amides is 2. The van der Waals surface area contributed by atoms with E-state index in [1.807, 2.05) is 31.2 Å². The fraction of sp³-hybridized carbons (Fsp3) is 0.444. The molecule has 2 N–H and O–H groups in total. The second-order valence-corrected chi connectivity index (χ2v) is 8.63. The van der Waals surface area contributed by atoms with Gasteiger partial charge in [-0.15, -0.1) is 0 Å². The zero-order valence-corrected chi connectivity index (χ0v) is 20.0. The van der Waals surface area contributed by atoms with Crippen LogP contribution in [-0.4, -0.2) is 53.7 Å². The average molecular weight is 467 g/mol. The van der Waals surface area contributed by atoms with Gasteiger partial charge in [-0.2, -0.15) is 0 Å². The Labute approximate surface area is 201 Å².